The molecule has 0 unspecified atom stereocenters. The number of amides is 1. The summed E-state index contributed by atoms with van der Waals surface area (Å²) >= 11 is 3.54. The van der Waals surface area contributed by atoms with Gasteiger partial charge in [-0.1, -0.05) is 28.1 Å². The van der Waals surface area contributed by atoms with Crippen LogP contribution in [0.1, 0.15) is 39.1 Å². The summed E-state index contributed by atoms with van der Waals surface area (Å²) in [5.74, 6) is 1.58. The van der Waals surface area contributed by atoms with Crippen molar-refractivity contribution in [1.82, 2.24) is 19.4 Å². The van der Waals surface area contributed by atoms with Crippen LogP contribution in [0.3, 0.4) is 0 Å². The van der Waals surface area contributed by atoms with Crippen LogP contribution in [0.2, 0.25) is 0 Å². The van der Waals surface area contributed by atoms with E-state index in [2.05, 4.69) is 31.5 Å². The van der Waals surface area contributed by atoms with Crippen molar-refractivity contribution in [1.29, 1.82) is 0 Å². The molecule has 2 aromatic carbocycles. The molecule has 8 heteroatoms. The first-order valence-corrected chi connectivity index (χ1v) is 12.0. The molecule has 0 radical (unpaired) electrons. The fraction of sp³-hybridized carbons (Fsp3) is 0.346. The number of imidazole rings is 1. The predicted molar refractivity (Wildman–Crippen MR) is 137 cm³/mol. The summed E-state index contributed by atoms with van der Waals surface area (Å²) < 4.78 is 14.1. The third-order valence-corrected chi connectivity index (χ3v) is 5.97. The fourth-order valence-electron chi connectivity index (χ4n) is 3.84. The maximum Gasteiger partial charge on any atom is 0.410 e. The number of methoxy groups -OCH3 is 1. The molecule has 0 aliphatic heterocycles. The highest BCUT2D eigenvalue weighted by molar-refractivity contribution is 9.10. The van der Waals surface area contributed by atoms with E-state index in [1.54, 1.807) is 18.2 Å². The molecular weight excluding hydrogens is 496 g/mol. The van der Waals surface area contributed by atoms with Gasteiger partial charge < -0.3 is 18.9 Å². The predicted octanol–water partition coefficient (Wildman–Crippen LogP) is 6.16. The van der Waals surface area contributed by atoms with E-state index in [1.165, 1.54) is 0 Å². The summed E-state index contributed by atoms with van der Waals surface area (Å²) in [6.45, 7) is 8.97. The number of pyridine rings is 1. The van der Waals surface area contributed by atoms with Crippen LogP contribution in [-0.4, -0.2) is 44.8 Å². The number of benzene rings is 2. The van der Waals surface area contributed by atoms with Crippen molar-refractivity contribution in [2.45, 2.75) is 46.4 Å². The van der Waals surface area contributed by atoms with Gasteiger partial charge in [-0.05, 0) is 63.6 Å². The van der Waals surface area contributed by atoms with Crippen LogP contribution in [0.25, 0.3) is 21.9 Å². The molecule has 0 fully saturated rings. The van der Waals surface area contributed by atoms with Gasteiger partial charge in [-0.15, -0.1) is 0 Å². The maximum atomic E-state index is 12.8. The summed E-state index contributed by atoms with van der Waals surface area (Å²) in [7, 11) is 1.66. The monoisotopic (exact) mass is 524 g/mol. The number of rotatable bonds is 6. The number of hydrogen-bond donors (Lipinski definition) is 0. The lowest BCUT2D eigenvalue weighted by Gasteiger charge is -2.26. The van der Waals surface area contributed by atoms with Crippen LogP contribution in [0, 0.1) is 0 Å². The van der Waals surface area contributed by atoms with Crippen molar-refractivity contribution in [2.24, 2.45) is 0 Å². The van der Waals surface area contributed by atoms with Crippen molar-refractivity contribution in [3.8, 4) is 5.75 Å². The zero-order valence-electron chi connectivity index (χ0n) is 20.1. The Labute approximate surface area is 207 Å². The van der Waals surface area contributed by atoms with Crippen LogP contribution < -0.4 is 4.74 Å². The van der Waals surface area contributed by atoms with Gasteiger partial charge in [0.1, 0.15) is 22.7 Å². The third kappa shape index (κ3) is 5.17. The second-order valence-electron chi connectivity index (χ2n) is 9.11. The van der Waals surface area contributed by atoms with Gasteiger partial charge in [-0.3, -0.25) is 4.98 Å². The minimum Gasteiger partial charge on any atom is -0.497 e. The highest BCUT2D eigenvalue weighted by Crippen LogP contribution is 2.29. The number of carbonyl (C=O) groups excluding carboxylic acids is 1. The maximum absolute atomic E-state index is 12.8. The average molecular weight is 525 g/mol. The van der Waals surface area contributed by atoms with Gasteiger partial charge in [0.15, 0.2) is 0 Å². The molecule has 0 aliphatic rings. The molecule has 4 aromatic rings. The van der Waals surface area contributed by atoms with E-state index in [9.17, 15) is 4.79 Å². The average Bonchev–Trinajstić information content (AvgIpc) is 3.13. The normalized spacial score (nSPS) is 11.7. The summed E-state index contributed by atoms with van der Waals surface area (Å²) in [5, 5.41) is 1.01. The number of fused-ring (bicyclic) bond motifs is 3. The van der Waals surface area contributed by atoms with Gasteiger partial charge >= 0.3 is 6.09 Å². The topological polar surface area (TPSA) is 69.5 Å². The van der Waals surface area contributed by atoms with Crippen molar-refractivity contribution in [3.05, 3.63) is 64.5 Å². The minimum atomic E-state index is -0.568. The van der Waals surface area contributed by atoms with E-state index in [0.29, 0.717) is 19.6 Å². The van der Waals surface area contributed by atoms with Crippen LogP contribution in [0.5, 0.6) is 5.75 Å². The number of halogens is 1. The minimum absolute atomic E-state index is 0.328. The quantitative estimate of drug-likeness (QED) is 0.302. The first-order valence-electron chi connectivity index (χ1n) is 11.2. The van der Waals surface area contributed by atoms with Crippen molar-refractivity contribution >= 4 is 44.0 Å². The number of hydrogen-bond acceptors (Lipinski definition) is 5. The molecule has 0 aliphatic carbocycles. The van der Waals surface area contributed by atoms with Gasteiger partial charge in [0.2, 0.25) is 0 Å². The zero-order valence-corrected chi connectivity index (χ0v) is 21.7. The van der Waals surface area contributed by atoms with E-state index in [-0.39, 0.29) is 6.09 Å². The van der Waals surface area contributed by atoms with E-state index in [1.807, 2.05) is 64.1 Å². The molecular formula is C26H29BrN4O3. The number of carbonyl (C=O) groups is 1. The summed E-state index contributed by atoms with van der Waals surface area (Å²) in [6, 6.07) is 14.0. The van der Waals surface area contributed by atoms with Gasteiger partial charge in [0.25, 0.3) is 0 Å². The molecule has 0 saturated carbocycles. The Kier molecular flexibility index (Phi) is 6.79. The van der Waals surface area contributed by atoms with Gasteiger partial charge in [0, 0.05) is 22.9 Å². The molecule has 2 heterocycles. The molecule has 4 rings (SSSR count). The van der Waals surface area contributed by atoms with Gasteiger partial charge in [0.05, 0.1) is 30.9 Å². The first kappa shape index (κ1) is 24.0. The van der Waals surface area contributed by atoms with Crippen molar-refractivity contribution in [3.63, 3.8) is 0 Å². The SMILES string of the molecule is CCN(Cc1nc2cnc3cc(Br)ccc3c2n1Cc1ccc(OC)cc1)C(=O)OC(C)(C)C. The molecule has 1 amide bonds. The second-order valence-corrected chi connectivity index (χ2v) is 10.0. The Morgan fingerprint density at radius 3 is 2.50 bits per heavy atom. The van der Waals surface area contributed by atoms with E-state index in [4.69, 9.17) is 14.5 Å². The third-order valence-electron chi connectivity index (χ3n) is 5.48. The number of nitrogens with zero attached hydrogens (tertiary/aromatic N) is 4. The fourth-order valence-corrected chi connectivity index (χ4v) is 4.19. The summed E-state index contributed by atoms with van der Waals surface area (Å²) in [6.07, 6.45) is 1.44. The van der Waals surface area contributed by atoms with Gasteiger partial charge in [-0.2, -0.15) is 0 Å². The number of ether oxygens (including phenoxy) is 2. The Morgan fingerprint density at radius 1 is 1.12 bits per heavy atom. The lowest BCUT2D eigenvalue weighted by atomic mass is 10.1. The largest absolute Gasteiger partial charge is 0.497 e. The van der Waals surface area contributed by atoms with Gasteiger partial charge in [-0.25, -0.2) is 9.78 Å². The van der Waals surface area contributed by atoms with Crippen molar-refractivity contribution < 1.29 is 14.3 Å². The molecule has 0 atom stereocenters. The Hall–Kier alpha value is -3.13. The Morgan fingerprint density at radius 2 is 1.85 bits per heavy atom. The van der Waals surface area contributed by atoms with E-state index in [0.717, 1.165) is 43.5 Å². The molecule has 2 aromatic heterocycles. The first-order chi connectivity index (χ1) is 16.2. The van der Waals surface area contributed by atoms with E-state index >= 15 is 0 Å². The molecule has 0 spiro atoms. The lowest BCUT2D eigenvalue weighted by molar-refractivity contribution is 0.0238. The zero-order chi connectivity index (χ0) is 24.5. The standard InChI is InChI=1S/C26H29BrN4O3/c1-6-30(25(32)34-26(2,3)4)16-23-29-22-14-28-21-13-18(27)9-12-20(21)24(22)31(23)15-17-7-10-19(33-5)11-8-17/h7-14H,6,15-16H2,1-5H3. The highest BCUT2D eigenvalue weighted by Gasteiger charge is 2.24. The number of aromatic nitrogens is 3. The molecule has 0 N–H and O–H groups in total. The molecule has 34 heavy (non-hydrogen) atoms. The highest BCUT2D eigenvalue weighted by atomic mass is 79.9. The summed E-state index contributed by atoms with van der Waals surface area (Å²) in [4.78, 5) is 24.0. The smallest absolute Gasteiger partial charge is 0.410 e. The van der Waals surface area contributed by atoms with E-state index < -0.39 is 5.60 Å². The van der Waals surface area contributed by atoms with Crippen LogP contribution in [0.15, 0.2) is 53.1 Å². The molecule has 178 valence electrons. The second kappa shape index (κ2) is 9.62. The molecule has 0 saturated heterocycles. The Balaban J connectivity index is 1.82. The molecule has 7 nitrogen and oxygen atoms in total. The molecule has 0 bridgehead atoms. The van der Waals surface area contributed by atoms with Crippen LogP contribution in [-0.2, 0) is 17.8 Å². The van der Waals surface area contributed by atoms with Crippen molar-refractivity contribution in [2.75, 3.05) is 13.7 Å². The lowest BCUT2D eigenvalue weighted by Crippen LogP contribution is -2.37. The summed E-state index contributed by atoms with van der Waals surface area (Å²) in [5.41, 5.74) is 3.19. The van der Waals surface area contributed by atoms with Crippen LogP contribution >= 0.6 is 15.9 Å². The van der Waals surface area contributed by atoms with Crippen LogP contribution in [0.4, 0.5) is 4.79 Å². The Bertz CT molecular complexity index is 1330.